The second-order valence-corrected chi connectivity index (χ2v) is 11.1. The molecule has 3 fully saturated rings. The molecule has 0 aromatic carbocycles. The Morgan fingerprint density at radius 2 is 1.20 bits per heavy atom. The van der Waals surface area contributed by atoms with Crippen LogP contribution in [0.4, 0.5) is 0 Å². The molecular weight excluding hydrogens is 368 g/mol. The second kappa shape index (κ2) is 13.1. The fraction of sp³-hybridized carbons (Fsp3) is 0.964. The first-order valence-electron chi connectivity index (χ1n) is 13.9. The van der Waals surface area contributed by atoms with Crippen molar-refractivity contribution in [1.82, 2.24) is 0 Å². The Bertz CT molecular complexity index is 463. The maximum absolute atomic E-state index is 12.8. The lowest BCUT2D eigenvalue weighted by atomic mass is 9.69. The molecule has 0 saturated heterocycles. The van der Waals surface area contributed by atoms with Crippen molar-refractivity contribution < 1.29 is 9.53 Å². The molecule has 0 atom stereocenters. The quantitative estimate of drug-likeness (QED) is 0.263. The summed E-state index contributed by atoms with van der Waals surface area (Å²) >= 11 is 0. The van der Waals surface area contributed by atoms with Crippen molar-refractivity contribution >= 4 is 5.97 Å². The second-order valence-electron chi connectivity index (χ2n) is 11.1. The molecule has 0 spiro atoms. The molecule has 3 saturated carbocycles. The van der Waals surface area contributed by atoms with Crippen LogP contribution >= 0.6 is 0 Å². The lowest BCUT2D eigenvalue weighted by Crippen LogP contribution is -2.32. The van der Waals surface area contributed by atoms with E-state index >= 15 is 0 Å². The van der Waals surface area contributed by atoms with Crippen molar-refractivity contribution in [2.24, 2.45) is 29.6 Å². The number of carbonyl (C=O) groups excluding carboxylic acids is 1. The summed E-state index contributed by atoms with van der Waals surface area (Å²) in [5, 5.41) is 0. The molecule has 0 amide bonds. The van der Waals surface area contributed by atoms with Gasteiger partial charge < -0.3 is 4.74 Å². The third-order valence-electron chi connectivity index (χ3n) is 8.90. The van der Waals surface area contributed by atoms with Gasteiger partial charge in [0.2, 0.25) is 0 Å². The fourth-order valence-corrected chi connectivity index (χ4v) is 6.84. The number of esters is 1. The molecule has 0 aromatic rings. The van der Waals surface area contributed by atoms with Crippen molar-refractivity contribution in [2.45, 2.75) is 142 Å². The van der Waals surface area contributed by atoms with Crippen LogP contribution in [0.1, 0.15) is 136 Å². The molecule has 0 radical (unpaired) electrons. The topological polar surface area (TPSA) is 26.3 Å². The molecule has 3 aliphatic carbocycles. The summed E-state index contributed by atoms with van der Waals surface area (Å²) in [5.41, 5.74) is 0. The number of hydrogen-bond donors (Lipinski definition) is 0. The van der Waals surface area contributed by atoms with Crippen LogP contribution in [0.15, 0.2) is 0 Å². The van der Waals surface area contributed by atoms with Gasteiger partial charge in [0.1, 0.15) is 6.10 Å². The van der Waals surface area contributed by atoms with Crippen molar-refractivity contribution in [1.29, 1.82) is 0 Å². The van der Waals surface area contributed by atoms with Gasteiger partial charge in [-0.05, 0) is 87.9 Å². The van der Waals surface area contributed by atoms with Crippen LogP contribution in [-0.4, -0.2) is 12.1 Å². The highest BCUT2D eigenvalue weighted by Gasteiger charge is 2.34. The predicted octanol–water partition coefficient (Wildman–Crippen LogP) is 8.47. The van der Waals surface area contributed by atoms with Gasteiger partial charge in [-0.1, -0.05) is 71.6 Å². The van der Waals surface area contributed by atoms with E-state index in [0.717, 1.165) is 49.4 Å². The van der Waals surface area contributed by atoms with E-state index in [9.17, 15) is 4.79 Å². The average molecular weight is 419 g/mol. The Labute approximate surface area is 187 Å². The largest absolute Gasteiger partial charge is 0.462 e. The molecule has 2 heteroatoms. The van der Waals surface area contributed by atoms with Crippen LogP contribution in [-0.2, 0) is 9.53 Å². The maximum atomic E-state index is 12.8. The Kier molecular flexibility index (Phi) is 10.5. The number of carbonyl (C=O) groups is 1. The summed E-state index contributed by atoms with van der Waals surface area (Å²) in [6.45, 7) is 4.61. The number of rotatable bonds is 10. The van der Waals surface area contributed by atoms with Crippen LogP contribution in [0.2, 0.25) is 0 Å². The molecule has 0 aromatic heterocycles. The van der Waals surface area contributed by atoms with Gasteiger partial charge in [-0.3, -0.25) is 4.79 Å². The minimum Gasteiger partial charge on any atom is -0.462 e. The smallest absolute Gasteiger partial charge is 0.309 e. The normalized spacial score (nSPS) is 35.1. The van der Waals surface area contributed by atoms with Gasteiger partial charge in [0.05, 0.1) is 5.92 Å². The molecule has 0 unspecified atom stereocenters. The van der Waals surface area contributed by atoms with E-state index in [-0.39, 0.29) is 18.0 Å². The lowest BCUT2D eigenvalue weighted by molar-refractivity contribution is -0.157. The zero-order chi connectivity index (χ0) is 21.2. The van der Waals surface area contributed by atoms with E-state index < -0.39 is 0 Å². The zero-order valence-corrected chi connectivity index (χ0v) is 20.2. The Balaban J connectivity index is 1.29. The van der Waals surface area contributed by atoms with Crippen molar-refractivity contribution in [3.05, 3.63) is 0 Å². The SMILES string of the molecule is CCCCCCC1CCC(OC(=O)C2CCC(C3CCC(CCC)CC3)CC2)CC1. The van der Waals surface area contributed by atoms with Crippen LogP contribution in [0.25, 0.3) is 0 Å². The molecule has 174 valence electrons. The predicted molar refractivity (Wildman–Crippen MR) is 126 cm³/mol. The highest BCUT2D eigenvalue weighted by atomic mass is 16.5. The molecule has 3 rings (SSSR count). The van der Waals surface area contributed by atoms with E-state index in [1.165, 1.54) is 96.3 Å². The number of unbranched alkanes of at least 4 members (excludes halogenated alkanes) is 3. The van der Waals surface area contributed by atoms with Crippen molar-refractivity contribution in [2.75, 3.05) is 0 Å². The Hall–Kier alpha value is -0.530. The summed E-state index contributed by atoms with van der Waals surface area (Å²) in [4.78, 5) is 12.8. The first kappa shape index (κ1) is 24.1. The third-order valence-corrected chi connectivity index (χ3v) is 8.90. The molecule has 30 heavy (non-hydrogen) atoms. The standard InChI is InChI=1S/C28H50O2/c1-3-5-6-7-9-23-12-20-27(21-13-23)30-28(29)26-18-16-25(17-19-26)24-14-10-22(8-4-2)11-15-24/h22-27H,3-21H2,1-2H3. The minimum absolute atomic E-state index is 0.145. The van der Waals surface area contributed by atoms with Gasteiger partial charge in [0.15, 0.2) is 0 Å². The van der Waals surface area contributed by atoms with Crippen molar-refractivity contribution in [3.63, 3.8) is 0 Å². The monoisotopic (exact) mass is 418 g/mol. The molecule has 0 bridgehead atoms. The average Bonchev–Trinajstić information content (AvgIpc) is 2.79. The third kappa shape index (κ3) is 7.56. The van der Waals surface area contributed by atoms with E-state index in [2.05, 4.69) is 13.8 Å². The van der Waals surface area contributed by atoms with Gasteiger partial charge in [0, 0.05) is 0 Å². The Morgan fingerprint density at radius 1 is 0.633 bits per heavy atom. The highest BCUT2D eigenvalue weighted by Crippen LogP contribution is 2.42. The van der Waals surface area contributed by atoms with E-state index in [1.807, 2.05) is 0 Å². The van der Waals surface area contributed by atoms with Gasteiger partial charge in [-0.2, -0.15) is 0 Å². The van der Waals surface area contributed by atoms with Crippen LogP contribution in [0, 0.1) is 29.6 Å². The fourth-order valence-electron chi connectivity index (χ4n) is 6.84. The number of ether oxygens (including phenoxy) is 1. The molecule has 3 aliphatic rings. The van der Waals surface area contributed by atoms with Gasteiger partial charge >= 0.3 is 5.97 Å². The first-order valence-corrected chi connectivity index (χ1v) is 13.9. The van der Waals surface area contributed by atoms with Crippen molar-refractivity contribution in [3.8, 4) is 0 Å². The van der Waals surface area contributed by atoms with Gasteiger partial charge in [-0.25, -0.2) is 0 Å². The van der Waals surface area contributed by atoms with Gasteiger partial charge in [-0.15, -0.1) is 0 Å². The first-order chi connectivity index (χ1) is 14.7. The number of hydrogen-bond acceptors (Lipinski definition) is 2. The van der Waals surface area contributed by atoms with E-state index in [0.29, 0.717) is 0 Å². The molecule has 2 nitrogen and oxygen atoms in total. The van der Waals surface area contributed by atoms with E-state index in [1.54, 1.807) is 0 Å². The maximum Gasteiger partial charge on any atom is 0.309 e. The highest BCUT2D eigenvalue weighted by molar-refractivity contribution is 5.72. The Morgan fingerprint density at radius 3 is 1.80 bits per heavy atom. The van der Waals surface area contributed by atoms with Crippen LogP contribution in [0.5, 0.6) is 0 Å². The molecule has 0 aliphatic heterocycles. The van der Waals surface area contributed by atoms with Crippen LogP contribution in [0.3, 0.4) is 0 Å². The summed E-state index contributed by atoms with van der Waals surface area (Å²) in [6.07, 6.45) is 25.2. The molecular formula is C28H50O2. The molecule has 0 heterocycles. The summed E-state index contributed by atoms with van der Waals surface area (Å²) < 4.78 is 6.00. The summed E-state index contributed by atoms with van der Waals surface area (Å²) in [5.74, 6) is 4.07. The minimum atomic E-state index is 0.145. The van der Waals surface area contributed by atoms with E-state index in [4.69, 9.17) is 4.74 Å². The summed E-state index contributed by atoms with van der Waals surface area (Å²) in [6, 6.07) is 0. The zero-order valence-electron chi connectivity index (χ0n) is 20.2. The van der Waals surface area contributed by atoms with Gasteiger partial charge in [0.25, 0.3) is 0 Å². The van der Waals surface area contributed by atoms with Crippen LogP contribution < -0.4 is 0 Å². The summed E-state index contributed by atoms with van der Waals surface area (Å²) in [7, 11) is 0. The lowest BCUT2D eigenvalue weighted by Gasteiger charge is -2.37. The molecule has 0 N–H and O–H groups in total.